The Kier molecular flexibility index (Phi) is 5.77. The standard InChI is InChI=1S/C12H17BrFNO/c1-9(2)15-8-10-7-11(16-6-5-14)3-4-12(10)13/h3-4,7,9,15H,5-6,8H2,1-2H3. The van der Waals surface area contributed by atoms with Gasteiger partial charge in [0.2, 0.25) is 0 Å². The van der Waals surface area contributed by atoms with E-state index in [9.17, 15) is 4.39 Å². The molecule has 1 aromatic carbocycles. The van der Waals surface area contributed by atoms with Gasteiger partial charge in [-0.3, -0.25) is 0 Å². The van der Waals surface area contributed by atoms with E-state index in [0.717, 1.165) is 16.6 Å². The number of hydrogen-bond acceptors (Lipinski definition) is 2. The minimum Gasteiger partial charge on any atom is -0.491 e. The second kappa shape index (κ2) is 6.86. The first-order chi connectivity index (χ1) is 7.63. The lowest BCUT2D eigenvalue weighted by atomic mass is 10.2. The highest BCUT2D eigenvalue weighted by molar-refractivity contribution is 9.10. The summed E-state index contributed by atoms with van der Waals surface area (Å²) in [5.74, 6) is 0.710. The number of halogens is 2. The highest BCUT2D eigenvalue weighted by atomic mass is 79.9. The van der Waals surface area contributed by atoms with E-state index in [0.29, 0.717) is 11.8 Å². The Labute approximate surface area is 104 Å². The van der Waals surface area contributed by atoms with E-state index in [-0.39, 0.29) is 6.61 Å². The van der Waals surface area contributed by atoms with Crippen molar-refractivity contribution in [2.45, 2.75) is 26.4 Å². The molecule has 0 aliphatic heterocycles. The zero-order valence-electron chi connectivity index (χ0n) is 9.59. The van der Waals surface area contributed by atoms with Gasteiger partial charge in [0.25, 0.3) is 0 Å². The first-order valence-corrected chi connectivity index (χ1v) is 6.13. The maximum Gasteiger partial charge on any atom is 0.123 e. The highest BCUT2D eigenvalue weighted by Gasteiger charge is 2.03. The van der Waals surface area contributed by atoms with Gasteiger partial charge in [-0.25, -0.2) is 4.39 Å². The summed E-state index contributed by atoms with van der Waals surface area (Å²) in [6.45, 7) is 4.61. The van der Waals surface area contributed by atoms with Crippen molar-refractivity contribution in [2.24, 2.45) is 0 Å². The molecule has 2 nitrogen and oxygen atoms in total. The van der Waals surface area contributed by atoms with Gasteiger partial charge in [-0.1, -0.05) is 29.8 Å². The van der Waals surface area contributed by atoms with Gasteiger partial charge < -0.3 is 10.1 Å². The third-order valence-corrected chi connectivity index (χ3v) is 2.84. The van der Waals surface area contributed by atoms with Gasteiger partial charge in [0.05, 0.1) is 0 Å². The normalized spacial score (nSPS) is 10.8. The minimum absolute atomic E-state index is 0.110. The van der Waals surface area contributed by atoms with Crippen LogP contribution >= 0.6 is 15.9 Å². The summed E-state index contributed by atoms with van der Waals surface area (Å²) in [6, 6.07) is 6.11. The van der Waals surface area contributed by atoms with Crippen molar-refractivity contribution in [2.75, 3.05) is 13.3 Å². The summed E-state index contributed by atoms with van der Waals surface area (Å²) in [6.07, 6.45) is 0. The van der Waals surface area contributed by atoms with Crippen LogP contribution in [0, 0.1) is 0 Å². The molecule has 0 aromatic heterocycles. The molecule has 1 rings (SSSR count). The monoisotopic (exact) mass is 289 g/mol. The molecule has 0 fully saturated rings. The predicted octanol–water partition coefficient (Wildman–Crippen LogP) is 3.30. The van der Waals surface area contributed by atoms with Crippen LogP contribution in [-0.4, -0.2) is 19.3 Å². The van der Waals surface area contributed by atoms with Crippen LogP contribution in [0.4, 0.5) is 4.39 Å². The quantitative estimate of drug-likeness (QED) is 0.868. The predicted molar refractivity (Wildman–Crippen MR) is 67.6 cm³/mol. The Morgan fingerprint density at radius 2 is 2.19 bits per heavy atom. The van der Waals surface area contributed by atoms with E-state index < -0.39 is 6.67 Å². The Balaban J connectivity index is 2.66. The molecule has 0 aliphatic rings. The highest BCUT2D eigenvalue weighted by Crippen LogP contribution is 2.22. The van der Waals surface area contributed by atoms with Gasteiger partial charge in [0.1, 0.15) is 19.0 Å². The average Bonchev–Trinajstić information content (AvgIpc) is 2.26. The van der Waals surface area contributed by atoms with E-state index >= 15 is 0 Å². The average molecular weight is 290 g/mol. The van der Waals surface area contributed by atoms with Gasteiger partial charge in [0, 0.05) is 17.1 Å². The van der Waals surface area contributed by atoms with Crippen molar-refractivity contribution in [3.05, 3.63) is 28.2 Å². The van der Waals surface area contributed by atoms with E-state index in [2.05, 4.69) is 35.1 Å². The van der Waals surface area contributed by atoms with Crippen molar-refractivity contribution in [3.8, 4) is 5.75 Å². The maximum atomic E-state index is 12.0. The number of ether oxygens (including phenoxy) is 1. The third-order valence-electron chi connectivity index (χ3n) is 2.06. The molecule has 0 saturated carbocycles. The van der Waals surface area contributed by atoms with E-state index in [1.54, 1.807) is 0 Å². The molecular formula is C12H17BrFNO. The van der Waals surface area contributed by atoms with Gasteiger partial charge in [0.15, 0.2) is 0 Å². The number of rotatable bonds is 6. The second-order valence-corrected chi connectivity index (χ2v) is 4.68. The van der Waals surface area contributed by atoms with Crippen LogP contribution in [0.5, 0.6) is 5.75 Å². The Morgan fingerprint density at radius 1 is 1.44 bits per heavy atom. The molecule has 1 N–H and O–H groups in total. The molecule has 16 heavy (non-hydrogen) atoms. The molecule has 90 valence electrons. The molecule has 0 aliphatic carbocycles. The number of nitrogens with one attached hydrogen (secondary N) is 1. The van der Waals surface area contributed by atoms with Crippen LogP contribution < -0.4 is 10.1 Å². The second-order valence-electron chi connectivity index (χ2n) is 3.83. The van der Waals surface area contributed by atoms with Gasteiger partial charge in [-0.05, 0) is 23.8 Å². The lowest BCUT2D eigenvalue weighted by molar-refractivity contribution is 0.273. The first-order valence-electron chi connectivity index (χ1n) is 5.34. The van der Waals surface area contributed by atoms with Crippen molar-refractivity contribution in [1.29, 1.82) is 0 Å². The molecule has 4 heteroatoms. The topological polar surface area (TPSA) is 21.3 Å². The fourth-order valence-corrected chi connectivity index (χ4v) is 1.63. The zero-order valence-corrected chi connectivity index (χ0v) is 11.2. The Hall–Kier alpha value is -0.610. The van der Waals surface area contributed by atoms with E-state index in [4.69, 9.17) is 4.74 Å². The summed E-state index contributed by atoms with van der Waals surface area (Å²) in [7, 11) is 0. The van der Waals surface area contributed by atoms with Crippen LogP contribution in [0.2, 0.25) is 0 Å². The molecule has 0 amide bonds. The Morgan fingerprint density at radius 3 is 2.81 bits per heavy atom. The SMILES string of the molecule is CC(C)NCc1cc(OCCF)ccc1Br. The number of hydrogen-bond donors (Lipinski definition) is 1. The molecule has 0 radical (unpaired) electrons. The summed E-state index contributed by atoms with van der Waals surface area (Å²) < 4.78 is 18.2. The van der Waals surface area contributed by atoms with Crippen LogP contribution in [0.15, 0.2) is 22.7 Å². The van der Waals surface area contributed by atoms with E-state index in [1.807, 2.05) is 18.2 Å². The van der Waals surface area contributed by atoms with Crippen LogP contribution in [0.25, 0.3) is 0 Å². The molecule has 0 heterocycles. The molecule has 0 spiro atoms. The fourth-order valence-electron chi connectivity index (χ4n) is 1.25. The number of benzene rings is 1. The van der Waals surface area contributed by atoms with Crippen molar-refractivity contribution >= 4 is 15.9 Å². The smallest absolute Gasteiger partial charge is 0.123 e. The molecule has 0 saturated heterocycles. The van der Waals surface area contributed by atoms with Crippen molar-refractivity contribution < 1.29 is 9.13 Å². The zero-order chi connectivity index (χ0) is 12.0. The van der Waals surface area contributed by atoms with Crippen LogP contribution in [0.1, 0.15) is 19.4 Å². The van der Waals surface area contributed by atoms with Gasteiger partial charge in [-0.15, -0.1) is 0 Å². The lowest BCUT2D eigenvalue weighted by Gasteiger charge is -2.11. The van der Waals surface area contributed by atoms with E-state index in [1.165, 1.54) is 0 Å². The minimum atomic E-state index is -0.463. The molecule has 0 atom stereocenters. The lowest BCUT2D eigenvalue weighted by Crippen LogP contribution is -2.22. The molecule has 1 aromatic rings. The molecule has 0 bridgehead atoms. The van der Waals surface area contributed by atoms with Gasteiger partial charge >= 0.3 is 0 Å². The Bertz CT molecular complexity index is 331. The van der Waals surface area contributed by atoms with Gasteiger partial charge in [-0.2, -0.15) is 0 Å². The van der Waals surface area contributed by atoms with Crippen molar-refractivity contribution in [1.82, 2.24) is 5.32 Å². The fraction of sp³-hybridized carbons (Fsp3) is 0.500. The largest absolute Gasteiger partial charge is 0.491 e. The summed E-state index contributed by atoms with van der Waals surface area (Å²) in [5.41, 5.74) is 1.12. The van der Waals surface area contributed by atoms with Crippen LogP contribution in [0.3, 0.4) is 0 Å². The summed E-state index contributed by atoms with van der Waals surface area (Å²) >= 11 is 3.48. The summed E-state index contributed by atoms with van der Waals surface area (Å²) in [4.78, 5) is 0. The number of alkyl halides is 1. The molecule has 0 unspecified atom stereocenters. The summed E-state index contributed by atoms with van der Waals surface area (Å²) in [5, 5.41) is 3.33. The first kappa shape index (κ1) is 13.5. The third kappa shape index (κ3) is 4.49. The van der Waals surface area contributed by atoms with Crippen molar-refractivity contribution in [3.63, 3.8) is 0 Å². The van der Waals surface area contributed by atoms with Crippen LogP contribution in [-0.2, 0) is 6.54 Å². The maximum absolute atomic E-state index is 12.0. The molecular weight excluding hydrogens is 273 g/mol.